The fourth-order valence-electron chi connectivity index (χ4n) is 2.80. The highest BCUT2D eigenvalue weighted by atomic mass is 32.2. The second-order valence-electron chi connectivity index (χ2n) is 5.84. The first-order chi connectivity index (χ1) is 13.4. The van der Waals surface area contributed by atoms with Crippen LogP contribution in [0.5, 0.6) is 0 Å². The second-order valence-corrected chi connectivity index (χ2v) is 6.61. The monoisotopic (exact) mass is 402 g/mol. The van der Waals surface area contributed by atoms with Crippen LogP contribution in [0.25, 0.3) is 28.4 Å². The zero-order valence-corrected chi connectivity index (χ0v) is 15.3. The average molecular weight is 402 g/mol. The molecule has 0 bridgehead atoms. The first kappa shape index (κ1) is 18.2. The number of thioether (sulfide) groups is 1. The van der Waals surface area contributed by atoms with Gasteiger partial charge in [0.2, 0.25) is 5.78 Å². The van der Waals surface area contributed by atoms with Crippen LogP contribution < -0.4 is 5.73 Å². The molecule has 0 atom stereocenters. The third kappa shape index (κ3) is 3.26. The van der Waals surface area contributed by atoms with Crippen LogP contribution in [0.3, 0.4) is 0 Å². The van der Waals surface area contributed by atoms with Crippen molar-refractivity contribution in [3.63, 3.8) is 0 Å². The van der Waals surface area contributed by atoms with Crippen LogP contribution in [0.15, 0.2) is 53.9 Å². The number of hydrogen-bond acceptors (Lipinski definition) is 6. The minimum Gasteiger partial charge on any atom is -0.384 e. The Bertz CT molecular complexity index is 1170. The molecule has 2 N–H and O–H groups in total. The molecule has 0 saturated heterocycles. The smallest absolute Gasteiger partial charge is 0.384 e. The number of alkyl halides is 3. The van der Waals surface area contributed by atoms with Crippen LogP contribution >= 0.6 is 11.8 Å². The molecule has 0 aliphatic carbocycles. The van der Waals surface area contributed by atoms with Gasteiger partial charge in [-0.1, -0.05) is 23.9 Å². The van der Waals surface area contributed by atoms with Gasteiger partial charge in [-0.2, -0.15) is 18.2 Å². The Morgan fingerprint density at radius 2 is 1.89 bits per heavy atom. The Hall–Kier alpha value is -3.14. The SMILES string of the molecule is CSc1nccc(-c2c(-c3cccc(C(F)(F)F)c3)nc3nc(N)ccn23)n1. The highest BCUT2D eigenvalue weighted by Gasteiger charge is 2.31. The molecule has 0 saturated carbocycles. The van der Waals surface area contributed by atoms with E-state index in [9.17, 15) is 13.2 Å². The number of rotatable bonds is 3. The Balaban J connectivity index is 2.01. The van der Waals surface area contributed by atoms with Crippen LogP contribution in [0.1, 0.15) is 5.56 Å². The Morgan fingerprint density at radius 1 is 1.07 bits per heavy atom. The molecule has 6 nitrogen and oxygen atoms in total. The summed E-state index contributed by atoms with van der Waals surface area (Å²) < 4.78 is 41.2. The normalized spacial score (nSPS) is 11.9. The summed E-state index contributed by atoms with van der Waals surface area (Å²) in [5, 5.41) is 0.533. The first-order valence-electron chi connectivity index (χ1n) is 8.06. The zero-order chi connectivity index (χ0) is 19.9. The molecule has 0 radical (unpaired) electrons. The lowest BCUT2D eigenvalue weighted by Crippen LogP contribution is -2.04. The maximum Gasteiger partial charge on any atom is 0.416 e. The van der Waals surface area contributed by atoms with Gasteiger partial charge in [0.1, 0.15) is 17.2 Å². The van der Waals surface area contributed by atoms with E-state index in [1.807, 2.05) is 6.26 Å². The number of benzene rings is 1. The molecule has 0 aliphatic rings. The lowest BCUT2D eigenvalue weighted by Gasteiger charge is -2.09. The number of imidazole rings is 1. The summed E-state index contributed by atoms with van der Waals surface area (Å²) in [5.41, 5.74) is 6.65. The van der Waals surface area contributed by atoms with Crippen LogP contribution in [0.4, 0.5) is 19.0 Å². The standard InChI is InChI=1S/C18H13F3N6S/c1-28-17-23-7-5-12(24-17)15-14(26-16-25-13(22)6-8-27(15)16)10-3-2-4-11(9-10)18(19,20)21/h2-9H,1H3,(H2,22,25,26). The molecular weight excluding hydrogens is 389 g/mol. The summed E-state index contributed by atoms with van der Waals surface area (Å²) in [6.07, 6.45) is 0.634. The van der Waals surface area contributed by atoms with Crippen molar-refractivity contribution < 1.29 is 13.2 Å². The molecule has 10 heteroatoms. The minimum absolute atomic E-state index is 0.257. The molecule has 4 rings (SSSR count). The molecule has 0 aliphatic heterocycles. The fraction of sp³-hybridized carbons (Fsp3) is 0.111. The van der Waals surface area contributed by atoms with E-state index in [1.165, 1.54) is 17.8 Å². The number of nitrogen functional groups attached to an aromatic ring is 1. The van der Waals surface area contributed by atoms with Crippen molar-refractivity contribution in [3.8, 4) is 22.6 Å². The molecule has 28 heavy (non-hydrogen) atoms. The van der Waals surface area contributed by atoms with Crippen molar-refractivity contribution in [2.24, 2.45) is 0 Å². The third-order valence-corrected chi connectivity index (χ3v) is 4.60. The summed E-state index contributed by atoms with van der Waals surface area (Å²) >= 11 is 1.36. The van der Waals surface area contributed by atoms with Gasteiger partial charge in [-0.05, 0) is 30.5 Å². The summed E-state index contributed by atoms with van der Waals surface area (Å²) in [6.45, 7) is 0. The maximum atomic E-state index is 13.2. The molecule has 3 heterocycles. The van der Waals surface area contributed by atoms with Gasteiger partial charge in [0, 0.05) is 18.0 Å². The number of aromatic nitrogens is 5. The number of anilines is 1. The van der Waals surface area contributed by atoms with Crippen LogP contribution in [-0.4, -0.2) is 30.6 Å². The van der Waals surface area contributed by atoms with Gasteiger partial charge in [0.15, 0.2) is 5.16 Å². The summed E-state index contributed by atoms with van der Waals surface area (Å²) in [4.78, 5) is 17.2. The Labute approximate surface area is 161 Å². The molecule has 1 aromatic carbocycles. The van der Waals surface area contributed by atoms with Gasteiger partial charge in [0.05, 0.1) is 11.3 Å². The number of hydrogen-bond donors (Lipinski definition) is 1. The molecular formula is C18H13F3N6S. The van der Waals surface area contributed by atoms with Crippen molar-refractivity contribution in [3.05, 3.63) is 54.4 Å². The summed E-state index contributed by atoms with van der Waals surface area (Å²) in [7, 11) is 0. The van der Waals surface area contributed by atoms with Crippen molar-refractivity contribution in [2.45, 2.75) is 11.3 Å². The van der Waals surface area contributed by atoms with E-state index in [0.717, 1.165) is 12.1 Å². The summed E-state index contributed by atoms with van der Waals surface area (Å²) in [5.74, 6) is 0.527. The van der Waals surface area contributed by atoms with Gasteiger partial charge in [-0.25, -0.2) is 15.0 Å². The first-order valence-corrected chi connectivity index (χ1v) is 9.29. The van der Waals surface area contributed by atoms with Crippen LogP contribution in [0, 0.1) is 0 Å². The van der Waals surface area contributed by atoms with E-state index >= 15 is 0 Å². The van der Waals surface area contributed by atoms with E-state index in [2.05, 4.69) is 19.9 Å². The van der Waals surface area contributed by atoms with Crippen molar-refractivity contribution >= 4 is 23.4 Å². The predicted molar refractivity (Wildman–Crippen MR) is 101 cm³/mol. The highest BCUT2D eigenvalue weighted by Crippen LogP contribution is 2.36. The predicted octanol–water partition coefficient (Wildman–Crippen LogP) is 4.18. The highest BCUT2D eigenvalue weighted by molar-refractivity contribution is 7.98. The molecule has 3 aromatic heterocycles. The van der Waals surface area contributed by atoms with E-state index in [0.29, 0.717) is 27.8 Å². The minimum atomic E-state index is -4.46. The average Bonchev–Trinajstić information content (AvgIpc) is 3.06. The number of fused-ring (bicyclic) bond motifs is 1. The molecule has 0 unspecified atom stereocenters. The Morgan fingerprint density at radius 3 is 2.64 bits per heavy atom. The zero-order valence-electron chi connectivity index (χ0n) is 14.5. The Kier molecular flexibility index (Phi) is 4.42. The summed E-state index contributed by atoms with van der Waals surface area (Å²) in [6, 6.07) is 8.26. The van der Waals surface area contributed by atoms with Gasteiger partial charge in [-0.15, -0.1) is 0 Å². The van der Waals surface area contributed by atoms with Gasteiger partial charge >= 0.3 is 6.18 Å². The largest absolute Gasteiger partial charge is 0.416 e. The molecule has 142 valence electrons. The second kappa shape index (κ2) is 6.79. The molecule has 0 spiro atoms. The van der Waals surface area contributed by atoms with Crippen LogP contribution in [0.2, 0.25) is 0 Å². The van der Waals surface area contributed by atoms with Gasteiger partial charge in [-0.3, -0.25) is 4.40 Å². The maximum absolute atomic E-state index is 13.2. The fourth-order valence-corrected chi connectivity index (χ4v) is 3.16. The van der Waals surface area contributed by atoms with E-state index in [1.54, 1.807) is 35.0 Å². The third-order valence-electron chi connectivity index (χ3n) is 4.04. The van der Waals surface area contributed by atoms with Gasteiger partial charge in [0.25, 0.3) is 0 Å². The van der Waals surface area contributed by atoms with E-state index < -0.39 is 11.7 Å². The molecule has 0 amide bonds. The molecule has 0 fully saturated rings. The van der Waals surface area contributed by atoms with Crippen molar-refractivity contribution in [1.29, 1.82) is 0 Å². The lowest BCUT2D eigenvalue weighted by molar-refractivity contribution is -0.137. The molecule has 4 aromatic rings. The number of nitrogens with zero attached hydrogens (tertiary/aromatic N) is 5. The van der Waals surface area contributed by atoms with E-state index in [4.69, 9.17) is 5.73 Å². The topological polar surface area (TPSA) is 82.0 Å². The van der Waals surface area contributed by atoms with Crippen LogP contribution in [-0.2, 0) is 6.18 Å². The van der Waals surface area contributed by atoms with Gasteiger partial charge < -0.3 is 5.73 Å². The van der Waals surface area contributed by atoms with E-state index in [-0.39, 0.29) is 11.6 Å². The van der Waals surface area contributed by atoms with Crippen molar-refractivity contribution in [2.75, 3.05) is 12.0 Å². The van der Waals surface area contributed by atoms with Crippen molar-refractivity contribution in [1.82, 2.24) is 24.3 Å². The quantitative estimate of drug-likeness (QED) is 0.409. The lowest BCUT2D eigenvalue weighted by atomic mass is 10.1. The number of nitrogens with two attached hydrogens (primary N) is 1. The number of halogens is 3.